The van der Waals surface area contributed by atoms with E-state index in [0.717, 1.165) is 94.6 Å². The smallest absolute Gasteiger partial charge is 0.323 e. The predicted molar refractivity (Wildman–Crippen MR) is 172 cm³/mol. The van der Waals surface area contributed by atoms with Crippen LogP contribution in [0.2, 0.25) is 0 Å². The van der Waals surface area contributed by atoms with Crippen LogP contribution in [-0.4, -0.2) is 105 Å². The largest absolute Gasteiger partial charge is 0.374 e. The second-order valence-corrected chi connectivity index (χ2v) is 12.8. The minimum absolute atomic E-state index is 0.276. The number of carbonyl (C=O) groups is 1. The molecule has 0 spiro atoms. The zero-order valence-corrected chi connectivity index (χ0v) is 25.2. The van der Waals surface area contributed by atoms with E-state index in [2.05, 4.69) is 55.5 Å². The van der Waals surface area contributed by atoms with E-state index < -0.39 is 0 Å². The zero-order valence-electron chi connectivity index (χ0n) is 25.2. The van der Waals surface area contributed by atoms with Gasteiger partial charge in [0.15, 0.2) is 5.82 Å². The van der Waals surface area contributed by atoms with Gasteiger partial charge in [0, 0.05) is 74.5 Å². The third-order valence-electron chi connectivity index (χ3n) is 9.66. The second-order valence-electron chi connectivity index (χ2n) is 12.8. The van der Waals surface area contributed by atoms with Crippen LogP contribution >= 0.6 is 0 Å². The third kappa shape index (κ3) is 5.67. The van der Waals surface area contributed by atoms with Gasteiger partial charge in [0.05, 0.1) is 31.0 Å². The number of hydrogen-bond donors (Lipinski definition) is 2. The Morgan fingerprint density at radius 3 is 2.09 bits per heavy atom. The predicted octanol–water partition coefficient (Wildman–Crippen LogP) is 3.88. The maximum Gasteiger partial charge on any atom is 0.323 e. The first kappa shape index (κ1) is 27.6. The molecule has 8 rings (SSSR count). The molecule has 5 saturated heterocycles. The molecular formula is C33H40N8O3. The van der Waals surface area contributed by atoms with E-state index in [-0.39, 0.29) is 24.3 Å². The standard InChI is InChI=1S/C33H40N8O3/c1-38-12-14-39(15-13-38)25-8-6-24(7-9-25)35-33(42)34-23-4-2-22(3-5-23)32-36-30(40-18-27-10-11-28(19-40)44-27)17-31(37-32)41-20-29-16-26(41)21-43-29/h2-9,17,26-29H,10-16,18-21H2,1H3,(H2,34,35,42)/t26-,27?,28?,29-/m1/s1. The van der Waals surface area contributed by atoms with Crippen LogP contribution in [0.25, 0.3) is 11.4 Å². The molecule has 44 heavy (non-hydrogen) atoms. The first-order valence-corrected chi connectivity index (χ1v) is 15.9. The number of fused-ring (bicyclic) bond motifs is 4. The summed E-state index contributed by atoms with van der Waals surface area (Å²) in [4.78, 5) is 32.3. The molecule has 3 aromatic rings. The second kappa shape index (κ2) is 11.5. The Bertz CT molecular complexity index is 1480. The minimum atomic E-state index is -0.279. The maximum atomic E-state index is 12.8. The molecule has 6 heterocycles. The molecule has 5 fully saturated rings. The minimum Gasteiger partial charge on any atom is -0.374 e. The average Bonchev–Trinajstić information content (AvgIpc) is 3.78. The molecule has 4 atom stereocenters. The van der Waals surface area contributed by atoms with Crippen molar-refractivity contribution in [1.82, 2.24) is 14.9 Å². The van der Waals surface area contributed by atoms with Crippen LogP contribution in [0.5, 0.6) is 0 Å². The van der Waals surface area contributed by atoms with Gasteiger partial charge >= 0.3 is 6.03 Å². The Hall–Kier alpha value is -3.93. The Morgan fingerprint density at radius 1 is 0.795 bits per heavy atom. The van der Waals surface area contributed by atoms with E-state index >= 15 is 0 Å². The number of urea groups is 1. The molecule has 11 nitrogen and oxygen atoms in total. The fourth-order valence-corrected chi connectivity index (χ4v) is 7.16. The number of likely N-dealkylation sites (N-methyl/N-ethyl adjacent to an activating group) is 1. The van der Waals surface area contributed by atoms with Gasteiger partial charge in [0.1, 0.15) is 11.6 Å². The number of carbonyl (C=O) groups excluding carboxylic acids is 1. The van der Waals surface area contributed by atoms with Crippen LogP contribution in [0.3, 0.4) is 0 Å². The Balaban J connectivity index is 0.959. The summed E-state index contributed by atoms with van der Waals surface area (Å²) in [6, 6.07) is 18.0. The summed E-state index contributed by atoms with van der Waals surface area (Å²) in [6.07, 6.45) is 4.12. The van der Waals surface area contributed by atoms with Gasteiger partial charge in [0.25, 0.3) is 0 Å². The normalized spacial score (nSPS) is 26.3. The van der Waals surface area contributed by atoms with Crippen LogP contribution in [0.15, 0.2) is 54.6 Å². The summed E-state index contributed by atoms with van der Waals surface area (Å²) in [7, 11) is 2.15. The number of hydrogen-bond acceptors (Lipinski definition) is 9. The van der Waals surface area contributed by atoms with Crippen molar-refractivity contribution in [3.63, 3.8) is 0 Å². The molecule has 0 aliphatic carbocycles. The van der Waals surface area contributed by atoms with Crippen LogP contribution in [0, 0.1) is 0 Å². The quantitative estimate of drug-likeness (QED) is 0.439. The number of piperazine rings is 1. The highest BCUT2D eigenvalue weighted by Gasteiger charge is 2.40. The molecular weight excluding hydrogens is 556 g/mol. The summed E-state index contributed by atoms with van der Waals surface area (Å²) < 4.78 is 12.0. The number of aromatic nitrogens is 2. The van der Waals surface area contributed by atoms with E-state index in [4.69, 9.17) is 19.4 Å². The van der Waals surface area contributed by atoms with Crippen LogP contribution in [0.4, 0.5) is 33.5 Å². The monoisotopic (exact) mass is 596 g/mol. The molecule has 1 aromatic heterocycles. The highest BCUT2D eigenvalue weighted by molar-refractivity contribution is 6.00. The summed E-state index contributed by atoms with van der Waals surface area (Å²) in [5.74, 6) is 2.60. The van der Waals surface area contributed by atoms with Crippen LogP contribution in [-0.2, 0) is 9.47 Å². The summed E-state index contributed by atoms with van der Waals surface area (Å²) in [5.41, 5.74) is 3.55. The number of nitrogens with zero attached hydrogens (tertiary/aromatic N) is 6. The number of anilines is 5. The highest BCUT2D eigenvalue weighted by atomic mass is 16.5. The number of benzene rings is 2. The Labute approximate surface area is 258 Å². The lowest BCUT2D eigenvalue weighted by atomic mass is 10.2. The fourth-order valence-electron chi connectivity index (χ4n) is 7.16. The van der Waals surface area contributed by atoms with Crippen molar-refractivity contribution in [3.05, 3.63) is 54.6 Å². The van der Waals surface area contributed by atoms with E-state index in [1.165, 1.54) is 5.69 Å². The lowest BCUT2D eigenvalue weighted by molar-refractivity contribution is 0.0302. The molecule has 2 unspecified atom stereocenters. The van der Waals surface area contributed by atoms with Gasteiger partial charge in [-0.25, -0.2) is 14.8 Å². The topological polar surface area (TPSA) is 98.3 Å². The molecule has 5 aliphatic heterocycles. The molecule has 230 valence electrons. The van der Waals surface area contributed by atoms with Crippen molar-refractivity contribution < 1.29 is 14.3 Å². The Kier molecular flexibility index (Phi) is 7.24. The highest BCUT2D eigenvalue weighted by Crippen LogP contribution is 2.36. The number of nitrogens with one attached hydrogen (secondary N) is 2. The number of amides is 2. The number of rotatable bonds is 6. The SMILES string of the molecule is CN1CCN(c2ccc(NC(=O)Nc3ccc(-c4nc(N5CC6CCC(C5)O6)cc(N5C[C@H]6C[C@@H]5CO6)n4)cc3)cc2)CC1. The number of ether oxygens (including phenoxy) is 2. The fraction of sp³-hybridized carbons (Fsp3) is 0.485. The summed E-state index contributed by atoms with van der Waals surface area (Å²) in [5, 5.41) is 5.90. The summed E-state index contributed by atoms with van der Waals surface area (Å²) >= 11 is 0. The van der Waals surface area contributed by atoms with E-state index in [1.807, 2.05) is 36.4 Å². The average molecular weight is 597 g/mol. The van der Waals surface area contributed by atoms with Crippen molar-refractivity contribution >= 4 is 34.7 Å². The third-order valence-corrected chi connectivity index (χ3v) is 9.66. The van der Waals surface area contributed by atoms with Crippen molar-refractivity contribution in [3.8, 4) is 11.4 Å². The molecule has 11 heteroatoms. The number of morpholine rings is 2. The van der Waals surface area contributed by atoms with Crippen LogP contribution in [0.1, 0.15) is 19.3 Å². The van der Waals surface area contributed by atoms with Gasteiger partial charge in [-0.3, -0.25) is 0 Å². The van der Waals surface area contributed by atoms with E-state index in [1.54, 1.807) is 0 Å². The lowest BCUT2D eigenvalue weighted by Gasteiger charge is -2.34. The molecule has 2 aromatic carbocycles. The van der Waals surface area contributed by atoms with Gasteiger partial charge in [-0.15, -0.1) is 0 Å². The Morgan fingerprint density at radius 2 is 1.45 bits per heavy atom. The van der Waals surface area contributed by atoms with Crippen molar-refractivity contribution in [1.29, 1.82) is 0 Å². The molecule has 2 N–H and O–H groups in total. The molecule has 0 radical (unpaired) electrons. The first-order valence-electron chi connectivity index (χ1n) is 15.9. The first-order chi connectivity index (χ1) is 21.5. The van der Waals surface area contributed by atoms with Crippen molar-refractivity contribution in [2.75, 3.05) is 84.8 Å². The van der Waals surface area contributed by atoms with Crippen molar-refractivity contribution in [2.24, 2.45) is 0 Å². The molecule has 5 aliphatic rings. The van der Waals surface area contributed by atoms with Gasteiger partial charge < -0.3 is 39.7 Å². The molecule has 2 amide bonds. The zero-order chi connectivity index (χ0) is 29.6. The molecule has 4 bridgehead atoms. The maximum absolute atomic E-state index is 12.8. The van der Waals surface area contributed by atoms with Crippen LogP contribution < -0.4 is 25.3 Å². The van der Waals surface area contributed by atoms with Crippen molar-refractivity contribution in [2.45, 2.75) is 43.6 Å². The lowest BCUT2D eigenvalue weighted by Crippen LogP contribution is -2.44. The van der Waals surface area contributed by atoms with Gasteiger partial charge in [-0.05, 0) is 74.8 Å². The molecule has 0 saturated carbocycles. The summed E-state index contributed by atoms with van der Waals surface area (Å²) in [6.45, 7) is 7.48. The van der Waals surface area contributed by atoms with Gasteiger partial charge in [0.2, 0.25) is 0 Å². The van der Waals surface area contributed by atoms with E-state index in [9.17, 15) is 4.79 Å². The van der Waals surface area contributed by atoms with Gasteiger partial charge in [-0.2, -0.15) is 0 Å². The van der Waals surface area contributed by atoms with Gasteiger partial charge in [-0.1, -0.05) is 0 Å². The van der Waals surface area contributed by atoms with E-state index in [0.29, 0.717) is 17.6 Å².